The molecule has 1 N–H and O–H groups in total. The van der Waals surface area contributed by atoms with Crippen LogP contribution in [0.2, 0.25) is 0 Å². The Balaban J connectivity index is 2.37. The molecule has 0 aromatic rings. The average molecular weight is 268 g/mol. The molecule has 19 heavy (non-hydrogen) atoms. The largest absolute Gasteiger partial charge is 0.349 e. The van der Waals surface area contributed by atoms with E-state index >= 15 is 0 Å². The van der Waals surface area contributed by atoms with E-state index in [0.717, 1.165) is 12.5 Å². The van der Waals surface area contributed by atoms with Crippen molar-refractivity contribution in [1.82, 2.24) is 10.2 Å². The van der Waals surface area contributed by atoms with E-state index in [0.29, 0.717) is 23.3 Å². The Kier molecular flexibility index (Phi) is 5.05. The summed E-state index contributed by atoms with van der Waals surface area (Å²) in [6.45, 7) is 12.5. The van der Waals surface area contributed by atoms with Crippen LogP contribution in [0.4, 0.5) is 0 Å². The molecule has 0 spiro atoms. The number of carbonyl (C=O) groups is 1. The zero-order chi connectivity index (χ0) is 14.8. The van der Waals surface area contributed by atoms with Gasteiger partial charge in [-0.2, -0.15) is 0 Å². The number of nitrogens with zero attached hydrogens (tertiary/aromatic N) is 1. The van der Waals surface area contributed by atoms with E-state index in [1.54, 1.807) is 4.90 Å². The average Bonchev–Trinajstić information content (AvgIpc) is 2.79. The first-order valence-corrected chi connectivity index (χ1v) is 7.55. The van der Waals surface area contributed by atoms with E-state index in [1.807, 2.05) is 14.1 Å². The molecular weight excluding hydrogens is 236 g/mol. The molecular formula is C16H32N2O. The Bertz CT molecular complexity index is 321. The molecule has 0 heterocycles. The maximum atomic E-state index is 11.5. The third-order valence-electron chi connectivity index (χ3n) is 4.98. The Labute approximate surface area is 119 Å². The Morgan fingerprint density at radius 3 is 2.37 bits per heavy atom. The molecule has 112 valence electrons. The van der Waals surface area contributed by atoms with Crippen molar-refractivity contribution in [1.29, 1.82) is 0 Å². The maximum absolute atomic E-state index is 11.5. The minimum Gasteiger partial charge on any atom is -0.349 e. The third kappa shape index (κ3) is 4.20. The van der Waals surface area contributed by atoms with E-state index in [2.05, 4.69) is 39.9 Å². The summed E-state index contributed by atoms with van der Waals surface area (Å²) in [5.74, 6) is 0.952. The van der Waals surface area contributed by atoms with E-state index < -0.39 is 0 Å². The fraction of sp³-hybridized carbons (Fsp3) is 0.938. The standard InChI is InChI=1S/C16H32N2O/c1-8-15(2,3)11-12-14(16(12,4)5)17-10-9-13(19)18(6)7/h12,14,17H,8-11H2,1-7H3. The van der Waals surface area contributed by atoms with Crippen molar-refractivity contribution < 1.29 is 4.79 Å². The van der Waals surface area contributed by atoms with E-state index in [-0.39, 0.29) is 5.91 Å². The van der Waals surface area contributed by atoms with Crippen LogP contribution in [-0.2, 0) is 4.79 Å². The summed E-state index contributed by atoms with van der Waals surface area (Å²) in [6.07, 6.45) is 3.10. The predicted molar refractivity (Wildman–Crippen MR) is 81.1 cm³/mol. The van der Waals surface area contributed by atoms with Gasteiger partial charge in [0.25, 0.3) is 0 Å². The zero-order valence-corrected chi connectivity index (χ0v) is 13.8. The van der Waals surface area contributed by atoms with Crippen LogP contribution in [0.3, 0.4) is 0 Å². The van der Waals surface area contributed by atoms with Crippen molar-refractivity contribution in [2.75, 3.05) is 20.6 Å². The number of hydrogen-bond acceptors (Lipinski definition) is 2. The van der Waals surface area contributed by atoms with E-state index in [1.165, 1.54) is 12.8 Å². The Morgan fingerprint density at radius 2 is 1.89 bits per heavy atom. The molecule has 3 heteroatoms. The Morgan fingerprint density at radius 1 is 1.32 bits per heavy atom. The lowest BCUT2D eigenvalue weighted by molar-refractivity contribution is -0.128. The molecule has 1 rings (SSSR count). The molecule has 1 amide bonds. The SMILES string of the molecule is CCC(C)(C)CC1C(NCCC(=O)N(C)C)C1(C)C. The van der Waals surface area contributed by atoms with Gasteiger partial charge in [0.1, 0.15) is 0 Å². The first kappa shape index (κ1) is 16.5. The van der Waals surface area contributed by atoms with Gasteiger partial charge in [0.05, 0.1) is 0 Å². The molecule has 0 radical (unpaired) electrons. The number of rotatable bonds is 7. The van der Waals surface area contributed by atoms with Crippen LogP contribution >= 0.6 is 0 Å². The fourth-order valence-corrected chi connectivity index (χ4v) is 2.83. The minimum absolute atomic E-state index is 0.205. The maximum Gasteiger partial charge on any atom is 0.223 e. The highest BCUT2D eigenvalue weighted by Crippen LogP contribution is 2.57. The van der Waals surface area contributed by atoms with Crippen molar-refractivity contribution in [2.24, 2.45) is 16.7 Å². The minimum atomic E-state index is 0.205. The zero-order valence-electron chi connectivity index (χ0n) is 13.8. The van der Waals surface area contributed by atoms with Gasteiger partial charge in [-0.3, -0.25) is 4.79 Å². The van der Waals surface area contributed by atoms with Crippen molar-refractivity contribution in [3.05, 3.63) is 0 Å². The molecule has 1 fully saturated rings. The van der Waals surface area contributed by atoms with Gasteiger partial charge in [0, 0.05) is 33.1 Å². The quantitative estimate of drug-likeness (QED) is 0.770. The summed E-state index contributed by atoms with van der Waals surface area (Å²) in [7, 11) is 3.63. The molecule has 2 unspecified atom stereocenters. The Hall–Kier alpha value is -0.570. The van der Waals surface area contributed by atoms with Gasteiger partial charge in [0.2, 0.25) is 5.91 Å². The lowest BCUT2D eigenvalue weighted by Crippen LogP contribution is -2.29. The summed E-state index contributed by atoms with van der Waals surface area (Å²) in [4.78, 5) is 13.2. The van der Waals surface area contributed by atoms with Gasteiger partial charge in [0.15, 0.2) is 0 Å². The summed E-state index contributed by atoms with van der Waals surface area (Å²) in [5.41, 5.74) is 0.811. The van der Waals surface area contributed by atoms with Crippen molar-refractivity contribution in [2.45, 2.75) is 59.9 Å². The van der Waals surface area contributed by atoms with Crippen LogP contribution in [0, 0.1) is 16.7 Å². The highest BCUT2D eigenvalue weighted by Gasteiger charge is 2.57. The number of nitrogens with one attached hydrogen (secondary N) is 1. The topological polar surface area (TPSA) is 32.3 Å². The number of amides is 1. The van der Waals surface area contributed by atoms with Crippen LogP contribution in [-0.4, -0.2) is 37.5 Å². The van der Waals surface area contributed by atoms with Gasteiger partial charge in [-0.05, 0) is 23.2 Å². The molecule has 3 nitrogen and oxygen atoms in total. The smallest absolute Gasteiger partial charge is 0.223 e. The van der Waals surface area contributed by atoms with Crippen LogP contribution in [0.5, 0.6) is 0 Å². The van der Waals surface area contributed by atoms with Gasteiger partial charge in [-0.25, -0.2) is 0 Å². The van der Waals surface area contributed by atoms with Crippen LogP contribution in [0.1, 0.15) is 53.9 Å². The lowest BCUT2D eigenvalue weighted by Gasteiger charge is -2.23. The summed E-state index contributed by atoms with van der Waals surface area (Å²) < 4.78 is 0. The summed E-state index contributed by atoms with van der Waals surface area (Å²) in [5, 5.41) is 3.58. The molecule has 2 atom stereocenters. The normalized spacial score (nSPS) is 25.2. The van der Waals surface area contributed by atoms with Crippen LogP contribution < -0.4 is 5.32 Å². The van der Waals surface area contributed by atoms with Gasteiger partial charge >= 0.3 is 0 Å². The van der Waals surface area contributed by atoms with Crippen molar-refractivity contribution in [3.63, 3.8) is 0 Å². The number of hydrogen-bond donors (Lipinski definition) is 1. The highest BCUT2D eigenvalue weighted by molar-refractivity contribution is 5.75. The molecule has 1 aliphatic carbocycles. The van der Waals surface area contributed by atoms with Crippen molar-refractivity contribution in [3.8, 4) is 0 Å². The molecule has 0 saturated heterocycles. The summed E-state index contributed by atoms with van der Waals surface area (Å²) >= 11 is 0. The van der Waals surface area contributed by atoms with Gasteiger partial charge in [-0.15, -0.1) is 0 Å². The molecule has 1 aliphatic rings. The first-order chi connectivity index (χ1) is 8.62. The molecule has 0 aromatic heterocycles. The first-order valence-electron chi connectivity index (χ1n) is 7.55. The number of carbonyl (C=O) groups excluding carboxylic acids is 1. The van der Waals surface area contributed by atoms with Crippen LogP contribution in [0.15, 0.2) is 0 Å². The molecule has 0 aliphatic heterocycles. The lowest BCUT2D eigenvalue weighted by atomic mass is 9.83. The van der Waals surface area contributed by atoms with E-state index in [4.69, 9.17) is 0 Å². The van der Waals surface area contributed by atoms with E-state index in [9.17, 15) is 4.79 Å². The van der Waals surface area contributed by atoms with Crippen LogP contribution in [0.25, 0.3) is 0 Å². The second-order valence-corrected chi connectivity index (χ2v) is 7.62. The van der Waals surface area contributed by atoms with Crippen molar-refractivity contribution >= 4 is 5.91 Å². The third-order valence-corrected chi connectivity index (χ3v) is 4.98. The second-order valence-electron chi connectivity index (χ2n) is 7.62. The molecule has 0 aromatic carbocycles. The monoisotopic (exact) mass is 268 g/mol. The van der Waals surface area contributed by atoms with Gasteiger partial charge < -0.3 is 10.2 Å². The summed E-state index contributed by atoms with van der Waals surface area (Å²) in [6, 6.07) is 0.577. The van der Waals surface area contributed by atoms with Gasteiger partial charge in [-0.1, -0.05) is 41.0 Å². The predicted octanol–water partition coefficient (Wildman–Crippen LogP) is 2.91. The molecule has 0 bridgehead atoms. The molecule has 1 saturated carbocycles. The fourth-order valence-electron chi connectivity index (χ4n) is 2.83. The highest BCUT2D eigenvalue weighted by atomic mass is 16.2. The second kappa shape index (κ2) is 5.82.